The third-order valence-corrected chi connectivity index (χ3v) is 9.32. The average molecular weight is 743 g/mol. The molecule has 0 aliphatic heterocycles. The van der Waals surface area contributed by atoms with E-state index in [2.05, 4.69) is 69.4 Å². The van der Waals surface area contributed by atoms with E-state index in [0.29, 0.717) is 19.3 Å². The van der Waals surface area contributed by atoms with Crippen LogP contribution in [0.25, 0.3) is 0 Å². The highest BCUT2D eigenvalue weighted by molar-refractivity contribution is 5.71. The fourth-order valence-electron chi connectivity index (χ4n) is 5.98. The van der Waals surface area contributed by atoms with Crippen molar-refractivity contribution < 1.29 is 28.6 Å². The lowest BCUT2D eigenvalue weighted by molar-refractivity contribution is -0.167. The monoisotopic (exact) mass is 743 g/mol. The summed E-state index contributed by atoms with van der Waals surface area (Å²) in [7, 11) is 0. The Morgan fingerprint density at radius 2 is 0.736 bits per heavy atom. The second kappa shape index (κ2) is 42.1. The van der Waals surface area contributed by atoms with Gasteiger partial charge in [-0.15, -0.1) is 0 Å². The third-order valence-electron chi connectivity index (χ3n) is 9.32. The van der Waals surface area contributed by atoms with Crippen LogP contribution in [-0.4, -0.2) is 37.2 Å². The fourth-order valence-corrected chi connectivity index (χ4v) is 5.98. The second-order valence-electron chi connectivity index (χ2n) is 14.6. The van der Waals surface area contributed by atoms with Gasteiger partial charge in [-0.2, -0.15) is 0 Å². The van der Waals surface area contributed by atoms with E-state index in [1.165, 1.54) is 83.5 Å². The van der Waals surface area contributed by atoms with E-state index in [1.54, 1.807) is 0 Å². The Morgan fingerprint density at radius 1 is 0.396 bits per heavy atom. The van der Waals surface area contributed by atoms with E-state index in [1.807, 2.05) is 0 Å². The zero-order chi connectivity index (χ0) is 38.7. The molecule has 0 aromatic rings. The highest BCUT2D eigenvalue weighted by Crippen LogP contribution is 2.13. The SMILES string of the molecule is CC/C=C\C/C=C\C/C=C\CCCCC(=O)OC(COC(=O)CCCCC/C=C\CCCCCCCCC)COC(=O)CCCCCCCCCCC. The van der Waals surface area contributed by atoms with Gasteiger partial charge in [-0.25, -0.2) is 0 Å². The minimum Gasteiger partial charge on any atom is -0.462 e. The van der Waals surface area contributed by atoms with Gasteiger partial charge in [0.25, 0.3) is 0 Å². The lowest BCUT2D eigenvalue weighted by Gasteiger charge is -2.18. The summed E-state index contributed by atoms with van der Waals surface area (Å²) >= 11 is 0. The first-order valence-corrected chi connectivity index (χ1v) is 22.1. The highest BCUT2D eigenvalue weighted by Gasteiger charge is 2.19. The smallest absolute Gasteiger partial charge is 0.306 e. The van der Waals surface area contributed by atoms with E-state index in [-0.39, 0.29) is 37.5 Å². The Labute approximate surface area is 327 Å². The van der Waals surface area contributed by atoms with Crippen molar-refractivity contribution in [3.63, 3.8) is 0 Å². The average Bonchev–Trinajstić information content (AvgIpc) is 3.15. The van der Waals surface area contributed by atoms with Gasteiger partial charge in [0.05, 0.1) is 0 Å². The van der Waals surface area contributed by atoms with Crippen LogP contribution in [0.2, 0.25) is 0 Å². The Kier molecular flexibility index (Phi) is 40.0. The summed E-state index contributed by atoms with van der Waals surface area (Å²) in [6, 6.07) is 0. The van der Waals surface area contributed by atoms with Gasteiger partial charge in [0, 0.05) is 19.3 Å². The summed E-state index contributed by atoms with van der Waals surface area (Å²) in [6.07, 6.45) is 48.1. The number of carbonyl (C=O) groups excluding carboxylic acids is 3. The van der Waals surface area contributed by atoms with Crippen LogP contribution in [0, 0.1) is 0 Å². The molecule has 0 spiro atoms. The number of unbranched alkanes of at least 4 members (excludes halogenated alkanes) is 20. The van der Waals surface area contributed by atoms with Crippen molar-refractivity contribution in [3.8, 4) is 0 Å². The second-order valence-corrected chi connectivity index (χ2v) is 14.6. The summed E-state index contributed by atoms with van der Waals surface area (Å²) in [4.78, 5) is 37.6. The van der Waals surface area contributed by atoms with E-state index in [9.17, 15) is 14.4 Å². The van der Waals surface area contributed by atoms with E-state index >= 15 is 0 Å². The standard InChI is InChI=1S/C47H82O6/c1-4-7-10-13-16-19-21-23-24-26-28-31-34-37-40-46(49)52-43-44(42-51-45(48)39-36-33-30-27-18-15-12-9-6-3)53-47(50)41-38-35-32-29-25-22-20-17-14-11-8-5-2/h8,11,17,20,24-26,29,44H,4-7,9-10,12-16,18-19,21-23,27-28,30-43H2,1-3H3/b11-8-,20-17-,26-24-,29-25-. The molecule has 0 rings (SSSR count). The largest absolute Gasteiger partial charge is 0.462 e. The van der Waals surface area contributed by atoms with Crippen molar-refractivity contribution in [3.05, 3.63) is 48.6 Å². The molecule has 6 nitrogen and oxygen atoms in total. The number of rotatable bonds is 39. The molecule has 0 aliphatic carbocycles. The number of esters is 3. The molecule has 0 saturated carbocycles. The van der Waals surface area contributed by atoms with Crippen LogP contribution in [0.1, 0.15) is 213 Å². The Balaban J connectivity index is 4.43. The quantitative estimate of drug-likeness (QED) is 0.0270. The summed E-state index contributed by atoms with van der Waals surface area (Å²) in [5.74, 6) is -0.954. The van der Waals surface area contributed by atoms with Gasteiger partial charge in [0.1, 0.15) is 13.2 Å². The van der Waals surface area contributed by atoms with Crippen LogP contribution in [0.5, 0.6) is 0 Å². The summed E-state index contributed by atoms with van der Waals surface area (Å²) in [5, 5.41) is 0. The Bertz CT molecular complexity index is 949. The summed E-state index contributed by atoms with van der Waals surface area (Å²) in [6.45, 7) is 6.43. The van der Waals surface area contributed by atoms with Crippen LogP contribution in [-0.2, 0) is 28.6 Å². The van der Waals surface area contributed by atoms with Gasteiger partial charge in [-0.05, 0) is 77.0 Å². The van der Waals surface area contributed by atoms with Gasteiger partial charge in [-0.1, -0.05) is 166 Å². The van der Waals surface area contributed by atoms with E-state index in [4.69, 9.17) is 14.2 Å². The predicted molar refractivity (Wildman–Crippen MR) is 224 cm³/mol. The van der Waals surface area contributed by atoms with Crippen molar-refractivity contribution in [2.75, 3.05) is 13.2 Å². The molecule has 0 radical (unpaired) electrons. The van der Waals surface area contributed by atoms with Crippen LogP contribution in [0.3, 0.4) is 0 Å². The van der Waals surface area contributed by atoms with Crippen molar-refractivity contribution in [2.45, 2.75) is 219 Å². The predicted octanol–water partition coefficient (Wildman–Crippen LogP) is 14.0. The molecule has 53 heavy (non-hydrogen) atoms. The number of ether oxygens (including phenoxy) is 3. The van der Waals surface area contributed by atoms with Gasteiger partial charge in [-0.3, -0.25) is 14.4 Å². The molecule has 1 atom stereocenters. The molecule has 0 saturated heterocycles. The minimum absolute atomic E-state index is 0.0923. The maximum absolute atomic E-state index is 12.7. The molecule has 0 aromatic carbocycles. The van der Waals surface area contributed by atoms with Crippen molar-refractivity contribution in [2.24, 2.45) is 0 Å². The number of hydrogen-bond acceptors (Lipinski definition) is 6. The van der Waals surface area contributed by atoms with Crippen LogP contribution >= 0.6 is 0 Å². The Morgan fingerprint density at radius 3 is 1.23 bits per heavy atom. The molecule has 0 heterocycles. The molecule has 0 amide bonds. The van der Waals surface area contributed by atoms with Crippen LogP contribution in [0.15, 0.2) is 48.6 Å². The fraction of sp³-hybridized carbons (Fsp3) is 0.766. The number of hydrogen-bond donors (Lipinski definition) is 0. The third kappa shape index (κ3) is 40.4. The molecule has 0 bridgehead atoms. The molecule has 306 valence electrons. The van der Waals surface area contributed by atoms with E-state index < -0.39 is 6.10 Å². The molecule has 6 heteroatoms. The molecule has 0 aromatic heterocycles. The van der Waals surface area contributed by atoms with Gasteiger partial charge >= 0.3 is 17.9 Å². The molecule has 0 aliphatic rings. The first-order chi connectivity index (χ1) is 26.0. The highest BCUT2D eigenvalue weighted by atomic mass is 16.6. The van der Waals surface area contributed by atoms with Gasteiger partial charge in [0.2, 0.25) is 0 Å². The molecule has 1 unspecified atom stereocenters. The Hall–Kier alpha value is -2.63. The van der Waals surface area contributed by atoms with Crippen LogP contribution < -0.4 is 0 Å². The number of allylic oxidation sites excluding steroid dienone is 8. The lowest BCUT2D eigenvalue weighted by Crippen LogP contribution is -2.30. The van der Waals surface area contributed by atoms with Crippen molar-refractivity contribution >= 4 is 17.9 Å². The normalized spacial score (nSPS) is 12.4. The summed E-state index contributed by atoms with van der Waals surface area (Å²) in [5.41, 5.74) is 0. The van der Waals surface area contributed by atoms with Gasteiger partial charge < -0.3 is 14.2 Å². The maximum atomic E-state index is 12.7. The first kappa shape index (κ1) is 50.4. The number of carbonyl (C=O) groups is 3. The zero-order valence-electron chi connectivity index (χ0n) is 34.8. The molecule has 0 fully saturated rings. The maximum Gasteiger partial charge on any atom is 0.306 e. The zero-order valence-corrected chi connectivity index (χ0v) is 34.8. The minimum atomic E-state index is -0.793. The lowest BCUT2D eigenvalue weighted by atomic mass is 10.1. The molecular formula is C47H82O6. The first-order valence-electron chi connectivity index (χ1n) is 22.1. The van der Waals surface area contributed by atoms with Crippen molar-refractivity contribution in [1.29, 1.82) is 0 Å². The van der Waals surface area contributed by atoms with Crippen molar-refractivity contribution in [1.82, 2.24) is 0 Å². The van der Waals surface area contributed by atoms with E-state index in [0.717, 1.165) is 83.5 Å². The van der Waals surface area contributed by atoms with Crippen LogP contribution in [0.4, 0.5) is 0 Å². The summed E-state index contributed by atoms with van der Waals surface area (Å²) < 4.78 is 16.6. The topological polar surface area (TPSA) is 78.9 Å². The molecule has 0 N–H and O–H groups in total. The van der Waals surface area contributed by atoms with Gasteiger partial charge in [0.15, 0.2) is 6.10 Å². The molecular weight excluding hydrogens is 661 g/mol.